The van der Waals surface area contributed by atoms with E-state index in [9.17, 15) is 18.0 Å². The van der Waals surface area contributed by atoms with Crippen LogP contribution in [0.15, 0.2) is 66.2 Å². The minimum atomic E-state index is -4.61. The van der Waals surface area contributed by atoms with Gasteiger partial charge in [-0.3, -0.25) is 9.79 Å². The van der Waals surface area contributed by atoms with Gasteiger partial charge < -0.3 is 19.5 Å². The zero-order chi connectivity index (χ0) is 26.5. The number of benzene rings is 2. The lowest BCUT2D eigenvalue weighted by molar-refractivity contribution is -0.138. The Bertz CT molecular complexity index is 1270. The fourth-order valence-corrected chi connectivity index (χ4v) is 3.89. The number of carbonyl (C=O) groups excluding carboxylic acids is 1. The van der Waals surface area contributed by atoms with Crippen molar-refractivity contribution in [2.45, 2.75) is 31.1 Å². The van der Waals surface area contributed by atoms with E-state index < -0.39 is 17.3 Å². The van der Waals surface area contributed by atoms with E-state index in [0.29, 0.717) is 19.4 Å². The van der Waals surface area contributed by atoms with Crippen LogP contribution in [0.1, 0.15) is 29.5 Å². The first kappa shape index (κ1) is 26.1. The molecule has 1 atom stereocenters. The molecule has 1 aromatic heterocycles. The van der Waals surface area contributed by atoms with Gasteiger partial charge in [-0.25, -0.2) is 9.97 Å². The molecule has 2 heterocycles. The number of hydrogen-bond donors (Lipinski definition) is 1. The van der Waals surface area contributed by atoms with Crippen LogP contribution in [0.3, 0.4) is 0 Å². The van der Waals surface area contributed by atoms with Crippen molar-refractivity contribution in [2.75, 3.05) is 20.8 Å². The molecule has 194 valence electrons. The summed E-state index contributed by atoms with van der Waals surface area (Å²) < 4.78 is 55.9. The maximum Gasteiger partial charge on any atom is 0.420 e. The van der Waals surface area contributed by atoms with Gasteiger partial charge in [0.25, 0.3) is 0 Å². The lowest BCUT2D eigenvalue weighted by atomic mass is 9.81. The van der Waals surface area contributed by atoms with Crippen molar-refractivity contribution < 1.29 is 32.2 Å². The summed E-state index contributed by atoms with van der Waals surface area (Å²) in [5.74, 6) is -0.273. The molecule has 1 unspecified atom stereocenters. The predicted octanol–water partition coefficient (Wildman–Crippen LogP) is 4.58. The number of halogens is 3. The van der Waals surface area contributed by atoms with Crippen LogP contribution in [0.25, 0.3) is 0 Å². The number of carbonyl (C=O) groups is 1. The molecule has 8 nitrogen and oxygen atoms in total. The molecule has 11 heteroatoms. The first-order valence-electron chi connectivity index (χ1n) is 11.4. The fraction of sp³-hybridized carbons (Fsp3) is 0.308. The molecule has 0 spiro atoms. The molecule has 4 rings (SSSR count). The Kier molecular flexibility index (Phi) is 7.72. The molecule has 3 aromatic rings. The van der Waals surface area contributed by atoms with Gasteiger partial charge in [0.1, 0.15) is 34.7 Å². The molecule has 0 radical (unpaired) electrons. The van der Waals surface area contributed by atoms with Crippen LogP contribution < -0.4 is 14.8 Å². The zero-order valence-corrected chi connectivity index (χ0v) is 20.2. The maximum absolute atomic E-state index is 13.4. The SMILES string of the molecule is COCCC1(C(=O)NCc2ccc(Oc3ccc(OC)cc3C(F)(F)F)cc2)CC(c2cncnc2)=N1. The highest BCUT2D eigenvalue weighted by atomic mass is 19.4. The summed E-state index contributed by atoms with van der Waals surface area (Å²) in [6, 6.07) is 9.92. The third-order valence-electron chi connectivity index (χ3n) is 5.94. The van der Waals surface area contributed by atoms with Crippen LogP contribution in [0, 0.1) is 0 Å². The molecule has 1 aliphatic heterocycles. The van der Waals surface area contributed by atoms with Crippen molar-refractivity contribution >= 4 is 11.6 Å². The number of aromatic nitrogens is 2. The summed E-state index contributed by atoms with van der Waals surface area (Å²) in [4.78, 5) is 25.6. The third-order valence-corrected chi connectivity index (χ3v) is 5.94. The van der Waals surface area contributed by atoms with Gasteiger partial charge in [-0.2, -0.15) is 13.2 Å². The number of nitrogens with one attached hydrogen (secondary N) is 1. The molecule has 1 aliphatic rings. The van der Waals surface area contributed by atoms with Crippen molar-refractivity contribution in [3.63, 3.8) is 0 Å². The highest BCUT2D eigenvalue weighted by Gasteiger charge is 2.46. The smallest absolute Gasteiger partial charge is 0.420 e. The lowest BCUT2D eigenvalue weighted by Crippen LogP contribution is -2.53. The number of hydrogen-bond acceptors (Lipinski definition) is 7. The highest BCUT2D eigenvalue weighted by Crippen LogP contribution is 2.40. The minimum absolute atomic E-state index is 0.0778. The zero-order valence-electron chi connectivity index (χ0n) is 20.2. The van der Waals surface area contributed by atoms with E-state index in [4.69, 9.17) is 14.2 Å². The van der Waals surface area contributed by atoms with Crippen LogP contribution in [-0.4, -0.2) is 48.0 Å². The number of alkyl halides is 3. The van der Waals surface area contributed by atoms with Crippen molar-refractivity contribution in [1.82, 2.24) is 15.3 Å². The predicted molar refractivity (Wildman–Crippen MR) is 129 cm³/mol. The first-order chi connectivity index (χ1) is 17.7. The molecule has 0 aliphatic carbocycles. The molecule has 2 aromatic carbocycles. The number of amides is 1. The van der Waals surface area contributed by atoms with Crippen LogP contribution in [-0.2, 0) is 22.3 Å². The van der Waals surface area contributed by atoms with Gasteiger partial charge >= 0.3 is 6.18 Å². The van der Waals surface area contributed by atoms with E-state index in [0.717, 1.165) is 22.9 Å². The topological polar surface area (TPSA) is 94.9 Å². The Balaban J connectivity index is 1.41. The molecule has 37 heavy (non-hydrogen) atoms. The summed E-state index contributed by atoms with van der Waals surface area (Å²) in [5, 5.41) is 2.90. The normalized spacial score (nSPS) is 16.9. The second-order valence-electron chi connectivity index (χ2n) is 8.43. The third kappa shape index (κ3) is 6.05. The van der Waals surface area contributed by atoms with Crippen LogP contribution in [0.5, 0.6) is 17.2 Å². The van der Waals surface area contributed by atoms with Gasteiger partial charge in [-0.15, -0.1) is 0 Å². The molecule has 0 saturated heterocycles. The molecule has 1 N–H and O–H groups in total. The average Bonchev–Trinajstić information content (AvgIpc) is 2.88. The molecule has 0 fully saturated rings. The largest absolute Gasteiger partial charge is 0.497 e. The Morgan fingerprint density at radius 2 is 1.73 bits per heavy atom. The Morgan fingerprint density at radius 1 is 1.05 bits per heavy atom. The summed E-state index contributed by atoms with van der Waals surface area (Å²) in [6.45, 7) is 0.580. The Morgan fingerprint density at radius 3 is 2.35 bits per heavy atom. The van der Waals surface area contributed by atoms with Gasteiger partial charge in [0.05, 0.1) is 7.11 Å². The summed E-state index contributed by atoms with van der Waals surface area (Å²) >= 11 is 0. The Hall–Kier alpha value is -3.99. The molecule has 0 bridgehead atoms. The molecular formula is C26H25F3N4O4. The van der Waals surface area contributed by atoms with Gasteiger partial charge in [0.15, 0.2) is 0 Å². The van der Waals surface area contributed by atoms with Gasteiger partial charge in [-0.1, -0.05) is 12.1 Å². The van der Waals surface area contributed by atoms with Gasteiger partial charge in [0.2, 0.25) is 5.91 Å². The number of methoxy groups -OCH3 is 2. The van der Waals surface area contributed by atoms with E-state index >= 15 is 0 Å². The van der Waals surface area contributed by atoms with Crippen LogP contribution in [0.2, 0.25) is 0 Å². The molecule has 0 saturated carbocycles. The number of rotatable bonds is 10. The Labute approximate surface area is 211 Å². The summed E-state index contributed by atoms with van der Waals surface area (Å²) in [7, 11) is 2.86. The second-order valence-corrected chi connectivity index (χ2v) is 8.43. The monoisotopic (exact) mass is 514 g/mol. The van der Waals surface area contributed by atoms with E-state index in [-0.39, 0.29) is 29.7 Å². The lowest BCUT2D eigenvalue weighted by Gasteiger charge is -2.37. The standard InChI is InChI=1S/C26H25F3N4O4/c1-35-10-9-25(12-22(33-25)18-14-30-16-31-15-18)24(34)32-13-17-3-5-19(6-4-17)37-23-8-7-20(36-2)11-21(23)26(27,28)29/h3-8,11,14-16H,9-10,12-13H2,1-2H3,(H,32,34). The fourth-order valence-electron chi connectivity index (χ4n) is 3.89. The van der Waals surface area contributed by atoms with E-state index in [1.165, 1.54) is 25.6 Å². The van der Waals surface area contributed by atoms with Crippen molar-refractivity contribution in [2.24, 2.45) is 4.99 Å². The minimum Gasteiger partial charge on any atom is -0.497 e. The van der Waals surface area contributed by atoms with Gasteiger partial charge in [0, 0.05) is 56.8 Å². The van der Waals surface area contributed by atoms with Crippen LogP contribution >= 0.6 is 0 Å². The van der Waals surface area contributed by atoms with Gasteiger partial charge in [-0.05, 0) is 35.9 Å². The average molecular weight is 515 g/mol. The van der Waals surface area contributed by atoms with Crippen molar-refractivity contribution in [3.8, 4) is 17.2 Å². The van der Waals surface area contributed by atoms with Crippen molar-refractivity contribution in [3.05, 3.63) is 77.9 Å². The second kappa shape index (κ2) is 11.0. The number of nitrogens with zero attached hydrogens (tertiary/aromatic N) is 3. The highest BCUT2D eigenvalue weighted by molar-refractivity contribution is 6.10. The van der Waals surface area contributed by atoms with E-state index in [2.05, 4.69) is 20.3 Å². The molecular weight excluding hydrogens is 489 g/mol. The first-order valence-corrected chi connectivity index (χ1v) is 11.4. The van der Waals surface area contributed by atoms with Crippen molar-refractivity contribution in [1.29, 1.82) is 0 Å². The van der Waals surface area contributed by atoms with E-state index in [1.54, 1.807) is 43.8 Å². The summed E-state index contributed by atoms with van der Waals surface area (Å²) in [5.41, 5.74) is 0.391. The van der Waals surface area contributed by atoms with E-state index in [1.807, 2.05) is 0 Å². The summed E-state index contributed by atoms with van der Waals surface area (Å²) in [6.07, 6.45) is 0.975. The van der Waals surface area contributed by atoms with Crippen LogP contribution in [0.4, 0.5) is 13.2 Å². The number of ether oxygens (including phenoxy) is 3. The maximum atomic E-state index is 13.4. The molecule has 1 amide bonds. The quantitative estimate of drug-likeness (QED) is 0.426. The number of aliphatic imine (C=N–C) groups is 1.